The van der Waals surface area contributed by atoms with Crippen molar-refractivity contribution in [2.75, 3.05) is 0 Å². The molecule has 0 aromatic rings. The van der Waals surface area contributed by atoms with Crippen LogP contribution in [0.15, 0.2) is 17.3 Å². The quantitative estimate of drug-likeness (QED) is 0.249. The highest BCUT2D eigenvalue weighted by Crippen LogP contribution is 2.77. The van der Waals surface area contributed by atoms with Gasteiger partial charge in [-0.15, -0.1) is 0 Å². The van der Waals surface area contributed by atoms with Crippen LogP contribution in [0.5, 0.6) is 0 Å². The van der Waals surface area contributed by atoms with E-state index in [0.717, 1.165) is 50.7 Å². The summed E-state index contributed by atoms with van der Waals surface area (Å²) >= 11 is 0. The number of hydrogen-bond donors (Lipinski definition) is 2. The Labute approximate surface area is 206 Å². The zero-order valence-corrected chi connectivity index (χ0v) is 22.4. The second-order valence-corrected chi connectivity index (χ2v) is 14.4. The van der Waals surface area contributed by atoms with E-state index in [1.54, 1.807) is 0 Å². The standard InChI is InChI=1S/C30H47NO3/c1-18(2)19-10-15-30(25(32)33)17-16-28(6)20(24(19)30)8-9-22-27(5)13-12-23(31-34)26(3,4)21(27)11-14-29(22,28)7/h19-22,24,34H,1,8-17H2,2-7H3,(H,32,33)/b31-23-/t19-,20+,21+,22+,24-,27-,28+,29+,30-/m0/s1. The molecule has 34 heavy (non-hydrogen) atoms. The fraction of sp³-hybridized carbons (Fsp3) is 0.867. The van der Waals surface area contributed by atoms with E-state index in [9.17, 15) is 15.1 Å². The van der Waals surface area contributed by atoms with Crippen molar-refractivity contribution in [3.63, 3.8) is 0 Å². The summed E-state index contributed by atoms with van der Waals surface area (Å²) in [5.74, 6) is 1.69. The van der Waals surface area contributed by atoms with Gasteiger partial charge in [-0.05, 0) is 117 Å². The summed E-state index contributed by atoms with van der Waals surface area (Å²) < 4.78 is 0. The van der Waals surface area contributed by atoms with Crippen LogP contribution >= 0.6 is 0 Å². The lowest BCUT2D eigenvalue weighted by Crippen LogP contribution is -2.66. The summed E-state index contributed by atoms with van der Waals surface area (Å²) in [6.07, 6.45) is 10.5. The lowest BCUT2D eigenvalue weighted by molar-refractivity contribution is -0.230. The largest absolute Gasteiger partial charge is 0.481 e. The van der Waals surface area contributed by atoms with Gasteiger partial charge in [-0.2, -0.15) is 0 Å². The molecule has 5 rings (SSSR count). The molecular formula is C30H47NO3. The number of hydrogen-bond acceptors (Lipinski definition) is 3. The molecule has 0 bridgehead atoms. The van der Waals surface area contributed by atoms with Crippen LogP contribution in [0.3, 0.4) is 0 Å². The Morgan fingerprint density at radius 1 is 0.912 bits per heavy atom. The monoisotopic (exact) mass is 469 g/mol. The third-order valence-electron chi connectivity index (χ3n) is 13.4. The number of nitrogens with zero attached hydrogens (tertiary/aromatic N) is 1. The fourth-order valence-corrected chi connectivity index (χ4v) is 11.5. The number of carbonyl (C=O) groups is 1. The predicted octanol–water partition coefficient (Wildman–Crippen LogP) is 7.56. The predicted molar refractivity (Wildman–Crippen MR) is 136 cm³/mol. The molecule has 4 heteroatoms. The Hall–Kier alpha value is -1.32. The molecule has 0 spiro atoms. The van der Waals surface area contributed by atoms with Gasteiger partial charge in [-0.25, -0.2) is 0 Å². The summed E-state index contributed by atoms with van der Waals surface area (Å²) in [5.41, 5.74) is 2.20. The van der Waals surface area contributed by atoms with Crippen molar-refractivity contribution in [3.8, 4) is 0 Å². The van der Waals surface area contributed by atoms with Gasteiger partial charge in [-0.3, -0.25) is 4.79 Å². The minimum absolute atomic E-state index is 0.0671. The van der Waals surface area contributed by atoms with Gasteiger partial charge in [0, 0.05) is 5.41 Å². The van der Waals surface area contributed by atoms with E-state index in [1.165, 1.54) is 24.8 Å². The molecule has 4 nitrogen and oxygen atoms in total. The van der Waals surface area contributed by atoms with Crippen molar-refractivity contribution in [2.45, 2.75) is 106 Å². The third-order valence-corrected chi connectivity index (χ3v) is 13.4. The van der Waals surface area contributed by atoms with Crippen molar-refractivity contribution < 1.29 is 15.1 Å². The van der Waals surface area contributed by atoms with Crippen molar-refractivity contribution >= 4 is 11.7 Å². The maximum atomic E-state index is 12.8. The number of fused-ring (bicyclic) bond motifs is 7. The molecule has 190 valence electrons. The molecule has 5 saturated carbocycles. The molecule has 0 radical (unpaired) electrons. The number of carboxylic acids is 1. The minimum Gasteiger partial charge on any atom is -0.481 e. The van der Waals surface area contributed by atoms with E-state index in [2.05, 4.69) is 53.3 Å². The van der Waals surface area contributed by atoms with Gasteiger partial charge in [0.05, 0.1) is 11.1 Å². The lowest BCUT2D eigenvalue weighted by atomic mass is 9.32. The third kappa shape index (κ3) is 2.72. The molecule has 5 fully saturated rings. The van der Waals surface area contributed by atoms with Gasteiger partial charge in [0.15, 0.2) is 0 Å². The second kappa shape index (κ2) is 7.35. The molecule has 0 aliphatic heterocycles. The Kier molecular flexibility index (Phi) is 5.27. The van der Waals surface area contributed by atoms with Crippen molar-refractivity contribution in [1.29, 1.82) is 0 Å². The van der Waals surface area contributed by atoms with E-state index in [1.807, 2.05) is 0 Å². The highest BCUT2D eigenvalue weighted by Gasteiger charge is 2.71. The van der Waals surface area contributed by atoms with E-state index in [4.69, 9.17) is 0 Å². The average Bonchev–Trinajstić information content (AvgIpc) is 3.15. The highest BCUT2D eigenvalue weighted by atomic mass is 16.4. The summed E-state index contributed by atoms with van der Waals surface area (Å²) in [5, 5.41) is 24.0. The minimum atomic E-state index is -0.545. The highest BCUT2D eigenvalue weighted by molar-refractivity contribution is 5.90. The zero-order chi connectivity index (χ0) is 24.9. The maximum absolute atomic E-state index is 12.8. The SMILES string of the molecule is C=C(C)[C@@H]1CC[C@]2(C(=O)O)CC[C@]3(C)[C@H](CC[C@@H]4[C@@]5(C)CC/C(=N/O)C(C)(C)[C@H]5CC[C@]43C)[C@H]12. The zero-order valence-electron chi connectivity index (χ0n) is 22.4. The van der Waals surface area contributed by atoms with Gasteiger partial charge in [-0.1, -0.05) is 51.9 Å². The van der Waals surface area contributed by atoms with Crippen LogP contribution in [0.2, 0.25) is 0 Å². The molecule has 0 amide bonds. The molecule has 5 aliphatic carbocycles. The Balaban J connectivity index is 1.56. The molecule has 5 aliphatic rings. The van der Waals surface area contributed by atoms with E-state index < -0.39 is 11.4 Å². The molecule has 2 N–H and O–H groups in total. The topological polar surface area (TPSA) is 69.9 Å². The molecular weight excluding hydrogens is 422 g/mol. The van der Waals surface area contributed by atoms with Crippen LogP contribution in [0.4, 0.5) is 0 Å². The van der Waals surface area contributed by atoms with Gasteiger partial charge < -0.3 is 10.3 Å². The number of allylic oxidation sites excluding steroid dienone is 1. The molecule has 0 aromatic heterocycles. The van der Waals surface area contributed by atoms with Crippen molar-refractivity contribution in [1.82, 2.24) is 0 Å². The number of rotatable bonds is 2. The van der Waals surface area contributed by atoms with Gasteiger partial charge in [0.2, 0.25) is 0 Å². The molecule has 0 saturated heterocycles. The first-order chi connectivity index (χ1) is 15.8. The summed E-state index contributed by atoms with van der Waals surface area (Å²) in [6.45, 7) is 18.8. The summed E-state index contributed by atoms with van der Waals surface area (Å²) in [6, 6.07) is 0. The van der Waals surface area contributed by atoms with Crippen LogP contribution < -0.4 is 0 Å². The van der Waals surface area contributed by atoms with Crippen LogP contribution in [-0.4, -0.2) is 22.0 Å². The van der Waals surface area contributed by atoms with E-state index in [-0.39, 0.29) is 27.6 Å². The maximum Gasteiger partial charge on any atom is 0.309 e. The van der Waals surface area contributed by atoms with Crippen molar-refractivity contribution in [2.24, 2.45) is 61.8 Å². The Morgan fingerprint density at radius 2 is 1.62 bits per heavy atom. The molecule has 9 atom stereocenters. The van der Waals surface area contributed by atoms with Gasteiger partial charge in [0.1, 0.15) is 0 Å². The van der Waals surface area contributed by atoms with Crippen LogP contribution in [0, 0.1) is 56.7 Å². The number of aliphatic carboxylic acids is 1. The first-order valence-corrected chi connectivity index (χ1v) is 13.9. The number of oxime groups is 1. The van der Waals surface area contributed by atoms with Gasteiger partial charge in [0.25, 0.3) is 0 Å². The fourth-order valence-electron chi connectivity index (χ4n) is 11.5. The molecule has 0 unspecified atom stereocenters. The van der Waals surface area contributed by atoms with Crippen molar-refractivity contribution in [3.05, 3.63) is 12.2 Å². The molecule has 0 aromatic carbocycles. The normalized spacial score (nSPS) is 52.8. The van der Waals surface area contributed by atoms with Crippen LogP contribution in [0.1, 0.15) is 106 Å². The number of carboxylic acid groups (broad SMARTS) is 1. The lowest BCUT2D eigenvalue weighted by Gasteiger charge is -2.72. The van der Waals surface area contributed by atoms with Crippen LogP contribution in [-0.2, 0) is 4.79 Å². The molecule has 0 heterocycles. The smallest absolute Gasteiger partial charge is 0.309 e. The van der Waals surface area contributed by atoms with E-state index >= 15 is 0 Å². The van der Waals surface area contributed by atoms with Crippen LogP contribution in [0.25, 0.3) is 0 Å². The summed E-state index contributed by atoms with van der Waals surface area (Å²) in [7, 11) is 0. The first-order valence-electron chi connectivity index (χ1n) is 13.9. The Bertz CT molecular complexity index is 937. The van der Waals surface area contributed by atoms with E-state index in [0.29, 0.717) is 23.7 Å². The Morgan fingerprint density at radius 3 is 2.24 bits per heavy atom. The first kappa shape index (κ1) is 24.4. The van der Waals surface area contributed by atoms with Gasteiger partial charge >= 0.3 is 5.97 Å². The average molecular weight is 470 g/mol. The summed E-state index contributed by atoms with van der Waals surface area (Å²) in [4.78, 5) is 12.8. The second-order valence-electron chi connectivity index (χ2n) is 14.4.